The molecule has 20 heavy (non-hydrogen) atoms. The molecule has 2 unspecified atom stereocenters. The molecule has 2 heterocycles. The fourth-order valence-corrected chi connectivity index (χ4v) is 2.88. The molecule has 0 spiro atoms. The predicted molar refractivity (Wildman–Crippen MR) is 78.3 cm³/mol. The van der Waals surface area contributed by atoms with Crippen LogP contribution in [0.2, 0.25) is 0 Å². The lowest BCUT2D eigenvalue weighted by Crippen LogP contribution is -2.42. The zero-order valence-corrected chi connectivity index (χ0v) is 11.3. The molecule has 0 saturated heterocycles. The summed E-state index contributed by atoms with van der Waals surface area (Å²) in [5, 5.41) is 0. The summed E-state index contributed by atoms with van der Waals surface area (Å²) in [6, 6.07) is 12.5. The van der Waals surface area contributed by atoms with E-state index in [2.05, 4.69) is 22.5 Å². The quantitative estimate of drug-likeness (QED) is 0.658. The molecule has 0 amide bonds. The zero-order valence-electron chi connectivity index (χ0n) is 11.3. The monoisotopic (exact) mass is 269 g/mol. The summed E-state index contributed by atoms with van der Waals surface area (Å²) < 4.78 is 5.72. The Hall–Kier alpha value is -1.91. The predicted octanol–water partition coefficient (Wildman–Crippen LogP) is 2.02. The number of hydrogen-bond acceptors (Lipinski definition) is 4. The van der Waals surface area contributed by atoms with Crippen molar-refractivity contribution in [1.82, 2.24) is 10.4 Å². The molecule has 0 radical (unpaired) electrons. The second kappa shape index (κ2) is 6.03. The molecule has 104 valence electrons. The summed E-state index contributed by atoms with van der Waals surface area (Å²) in [5.41, 5.74) is 5.47. The molecule has 3 rings (SSSR count). The summed E-state index contributed by atoms with van der Waals surface area (Å²) in [4.78, 5) is 4.06. The normalized spacial score (nSPS) is 18.9. The average Bonchev–Trinajstić information content (AvgIpc) is 2.53. The van der Waals surface area contributed by atoms with Gasteiger partial charge in [0, 0.05) is 24.4 Å². The Balaban J connectivity index is 1.84. The third-order valence-corrected chi connectivity index (χ3v) is 3.91. The first-order chi connectivity index (χ1) is 9.88. The number of benzene rings is 1. The van der Waals surface area contributed by atoms with E-state index >= 15 is 0 Å². The molecule has 0 aliphatic carbocycles. The number of fused-ring (bicyclic) bond motifs is 1. The van der Waals surface area contributed by atoms with Gasteiger partial charge in [-0.1, -0.05) is 18.2 Å². The first-order valence-electron chi connectivity index (χ1n) is 6.95. The van der Waals surface area contributed by atoms with Gasteiger partial charge in [0.15, 0.2) is 0 Å². The van der Waals surface area contributed by atoms with E-state index in [9.17, 15) is 0 Å². The van der Waals surface area contributed by atoms with Gasteiger partial charge in [0.25, 0.3) is 0 Å². The van der Waals surface area contributed by atoms with Crippen molar-refractivity contribution >= 4 is 0 Å². The third kappa shape index (κ3) is 2.66. The summed E-state index contributed by atoms with van der Waals surface area (Å²) in [5.74, 6) is 7.16. The highest BCUT2D eigenvalue weighted by molar-refractivity contribution is 5.39. The molecular formula is C16H19N3O. The van der Waals surface area contributed by atoms with Gasteiger partial charge >= 0.3 is 0 Å². The van der Waals surface area contributed by atoms with Gasteiger partial charge < -0.3 is 4.74 Å². The minimum Gasteiger partial charge on any atom is -0.493 e. The molecule has 4 nitrogen and oxygen atoms in total. The van der Waals surface area contributed by atoms with Crippen molar-refractivity contribution in [3.05, 3.63) is 59.9 Å². The highest BCUT2D eigenvalue weighted by Crippen LogP contribution is 2.36. The first-order valence-corrected chi connectivity index (χ1v) is 6.95. The van der Waals surface area contributed by atoms with Crippen LogP contribution < -0.4 is 16.0 Å². The number of nitrogens with zero attached hydrogens (tertiary/aromatic N) is 1. The Labute approximate surface area is 119 Å². The standard InChI is InChI=1S/C16H19N3O/c17-19-15(11-12-5-8-18-9-6-12)13-7-10-20-16-4-2-1-3-14(13)16/h1-6,8-9,13,15,19H,7,10-11,17H2. The van der Waals surface area contributed by atoms with Crippen LogP contribution in [0.25, 0.3) is 0 Å². The van der Waals surface area contributed by atoms with Crippen molar-refractivity contribution in [1.29, 1.82) is 0 Å². The molecule has 1 aliphatic rings. The van der Waals surface area contributed by atoms with Gasteiger partial charge in [0.05, 0.1) is 6.61 Å². The second-order valence-electron chi connectivity index (χ2n) is 5.11. The smallest absolute Gasteiger partial charge is 0.122 e. The molecule has 1 aliphatic heterocycles. The van der Waals surface area contributed by atoms with Gasteiger partial charge in [-0.2, -0.15) is 0 Å². The van der Waals surface area contributed by atoms with Crippen LogP contribution in [0.4, 0.5) is 0 Å². The molecule has 2 aromatic rings. The van der Waals surface area contributed by atoms with Gasteiger partial charge in [-0.15, -0.1) is 0 Å². The Morgan fingerprint density at radius 2 is 2.05 bits per heavy atom. The van der Waals surface area contributed by atoms with Crippen molar-refractivity contribution in [3.8, 4) is 5.75 Å². The van der Waals surface area contributed by atoms with Crippen LogP contribution in [0.1, 0.15) is 23.5 Å². The number of nitrogens with one attached hydrogen (secondary N) is 1. The van der Waals surface area contributed by atoms with Crippen LogP contribution >= 0.6 is 0 Å². The fraction of sp³-hybridized carbons (Fsp3) is 0.312. The van der Waals surface area contributed by atoms with E-state index in [1.165, 1.54) is 11.1 Å². The lowest BCUT2D eigenvalue weighted by atomic mass is 9.84. The van der Waals surface area contributed by atoms with E-state index < -0.39 is 0 Å². The van der Waals surface area contributed by atoms with Gasteiger partial charge in [0.2, 0.25) is 0 Å². The molecule has 0 fully saturated rings. The zero-order chi connectivity index (χ0) is 13.8. The highest BCUT2D eigenvalue weighted by atomic mass is 16.5. The van der Waals surface area contributed by atoms with E-state index in [4.69, 9.17) is 10.6 Å². The van der Waals surface area contributed by atoms with Gasteiger partial charge in [0.1, 0.15) is 5.75 Å². The molecule has 1 aromatic carbocycles. The van der Waals surface area contributed by atoms with Crippen LogP contribution in [0.15, 0.2) is 48.8 Å². The van der Waals surface area contributed by atoms with Crippen LogP contribution in [0, 0.1) is 0 Å². The molecule has 0 saturated carbocycles. The Morgan fingerprint density at radius 3 is 2.85 bits per heavy atom. The molecule has 0 bridgehead atoms. The van der Waals surface area contributed by atoms with Crippen molar-refractivity contribution in [2.75, 3.05) is 6.61 Å². The van der Waals surface area contributed by atoms with Crippen molar-refractivity contribution in [2.24, 2.45) is 5.84 Å². The Bertz CT molecular complexity index is 559. The number of rotatable bonds is 4. The number of pyridine rings is 1. The maximum absolute atomic E-state index is 5.80. The number of hydrazine groups is 1. The summed E-state index contributed by atoms with van der Waals surface area (Å²) in [6.45, 7) is 0.746. The van der Waals surface area contributed by atoms with Crippen molar-refractivity contribution in [2.45, 2.75) is 24.8 Å². The SMILES string of the molecule is NNC(Cc1ccncc1)C1CCOc2ccccc21. The Morgan fingerprint density at radius 1 is 1.25 bits per heavy atom. The second-order valence-corrected chi connectivity index (χ2v) is 5.11. The van der Waals surface area contributed by atoms with E-state index in [1.54, 1.807) is 0 Å². The van der Waals surface area contributed by atoms with E-state index in [0.29, 0.717) is 5.92 Å². The lowest BCUT2D eigenvalue weighted by Gasteiger charge is -2.32. The number of para-hydroxylation sites is 1. The van der Waals surface area contributed by atoms with E-state index in [0.717, 1.165) is 25.2 Å². The minimum absolute atomic E-state index is 0.197. The maximum atomic E-state index is 5.80. The molecule has 3 N–H and O–H groups in total. The van der Waals surface area contributed by atoms with Crippen molar-refractivity contribution < 1.29 is 4.74 Å². The van der Waals surface area contributed by atoms with Gasteiger partial charge in [-0.05, 0) is 42.2 Å². The number of nitrogens with two attached hydrogens (primary N) is 1. The van der Waals surface area contributed by atoms with Crippen LogP contribution in [-0.2, 0) is 6.42 Å². The van der Waals surface area contributed by atoms with Crippen LogP contribution in [0.5, 0.6) is 5.75 Å². The van der Waals surface area contributed by atoms with E-state index in [-0.39, 0.29) is 6.04 Å². The number of ether oxygens (including phenoxy) is 1. The summed E-state index contributed by atoms with van der Waals surface area (Å²) in [6.07, 6.45) is 5.51. The van der Waals surface area contributed by atoms with Crippen LogP contribution in [-0.4, -0.2) is 17.6 Å². The molecule has 4 heteroatoms. The summed E-state index contributed by atoms with van der Waals surface area (Å²) in [7, 11) is 0. The topological polar surface area (TPSA) is 60.2 Å². The van der Waals surface area contributed by atoms with Crippen molar-refractivity contribution in [3.63, 3.8) is 0 Å². The third-order valence-electron chi connectivity index (χ3n) is 3.91. The fourth-order valence-electron chi connectivity index (χ4n) is 2.88. The molecule has 1 aromatic heterocycles. The van der Waals surface area contributed by atoms with Crippen LogP contribution in [0.3, 0.4) is 0 Å². The van der Waals surface area contributed by atoms with Gasteiger partial charge in [-0.3, -0.25) is 16.3 Å². The highest BCUT2D eigenvalue weighted by Gasteiger charge is 2.28. The molecular weight excluding hydrogens is 250 g/mol. The van der Waals surface area contributed by atoms with Gasteiger partial charge in [-0.25, -0.2) is 0 Å². The Kier molecular flexibility index (Phi) is 3.95. The molecule has 2 atom stereocenters. The summed E-state index contributed by atoms with van der Waals surface area (Å²) >= 11 is 0. The number of aromatic nitrogens is 1. The maximum Gasteiger partial charge on any atom is 0.122 e. The average molecular weight is 269 g/mol. The number of hydrogen-bond donors (Lipinski definition) is 2. The first kappa shape index (κ1) is 13.1. The minimum atomic E-state index is 0.197. The van der Waals surface area contributed by atoms with E-state index in [1.807, 2.05) is 36.7 Å². The largest absolute Gasteiger partial charge is 0.493 e. The lowest BCUT2D eigenvalue weighted by molar-refractivity contribution is 0.245.